The highest BCUT2D eigenvalue weighted by Crippen LogP contribution is 2.37. The number of amides is 6. The van der Waals surface area contributed by atoms with Gasteiger partial charge in [-0.15, -0.1) is 0 Å². The molecule has 0 aliphatic carbocycles. The van der Waals surface area contributed by atoms with E-state index in [9.17, 15) is 43.2 Å². The maximum absolute atomic E-state index is 13.7. The molecule has 0 bridgehead atoms. The molecule has 6 amide bonds. The van der Waals surface area contributed by atoms with Crippen LogP contribution >= 0.6 is 7.82 Å². The summed E-state index contributed by atoms with van der Waals surface area (Å²) in [4.78, 5) is 107. The number of nitrogens with one attached hydrogen (secondary N) is 5. The number of carboxylic acid groups (broad SMARTS) is 1. The van der Waals surface area contributed by atoms with Crippen LogP contribution in [0.15, 0.2) is 24.3 Å². The lowest BCUT2D eigenvalue weighted by Gasteiger charge is -2.28. The van der Waals surface area contributed by atoms with Gasteiger partial charge in [-0.25, -0.2) is 4.57 Å². The molecule has 0 radical (unpaired) electrons. The first-order valence-electron chi connectivity index (χ1n) is 16.8. The van der Waals surface area contributed by atoms with Crippen molar-refractivity contribution in [3.8, 4) is 5.75 Å². The molecule has 53 heavy (non-hydrogen) atoms. The molecule has 0 unspecified atom stereocenters. The quantitative estimate of drug-likeness (QED) is 0.0402. The van der Waals surface area contributed by atoms with E-state index in [1.54, 1.807) is 13.8 Å². The van der Waals surface area contributed by atoms with Crippen molar-refractivity contribution in [1.82, 2.24) is 26.6 Å². The van der Waals surface area contributed by atoms with Crippen LogP contribution in [0, 0.1) is 5.92 Å². The third-order valence-corrected chi connectivity index (χ3v) is 8.02. The van der Waals surface area contributed by atoms with Gasteiger partial charge in [0.1, 0.15) is 36.0 Å². The smallest absolute Gasteiger partial charge is 0.481 e. The van der Waals surface area contributed by atoms with Crippen molar-refractivity contribution < 1.29 is 62.7 Å². The average molecular weight is 774 g/mol. The SMILES string of the molecule is CC(=O)N[C@@H](Cc1ccc(OP(=O)(O)O)cc1)C(=O)N[C@@H](CC(C)C)C(=O)N[C@@H](CCCCN)C(=O)N[C@H](C(=O)N[C@@H](CCC(=O)O)C(N)=O)[C@@H](C)O. The van der Waals surface area contributed by atoms with Gasteiger partial charge in [0.05, 0.1) is 6.10 Å². The number of aliphatic hydroxyl groups excluding tert-OH is 1. The Bertz CT molecular complexity index is 1470. The lowest BCUT2D eigenvalue weighted by atomic mass is 10.00. The molecular weight excluding hydrogens is 721 g/mol. The minimum absolute atomic E-state index is 0.0318. The van der Waals surface area contributed by atoms with E-state index in [1.807, 2.05) is 0 Å². The number of unbranched alkanes of at least 4 members (excludes halogenated alkanes) is 1. The van der Waals surface area contributed by atoms with E-state index in [-0.39, 0.29) is 43.9 Å². The first-order chi connectivity index (χ1) is 24.6. The van der Waals surface area contributed by atoms with Crippen molar-refractivity contribution in [2.75, 3.05) is 6.54 Å². The monoisotopic (exact) mass is 773 g/mol. The zero-order chi connectivity index (χ0) is 40.5. The molecule has 0 aliphatic heterocycles. The van der Waals surface area contributed by atoms with E-state index in [2.05, 4.69) is 31.1 Å². The predicted molar refractivity (Wildman–Crippen MR) is 188 cm³/mol. The molecule has 0 heterocycles. The van der Waals surface area contributed by atoms with Crippen LogP contribution in [-0.2, 0) is 44.5 Å². The largest absolute Gasteiger partial charge is 0.524 e. The van der Waals surface area contributed by atoms with Gasteiger partial charge in [-0.05, 0) is 69.2 Å². The van der Waals surface area contributed by atoms with Gasteiger partial charge >= 0.3 is 13.8 Å². The number of hydrogen-bond acceptors (Lipinski definition) is 11. The van der Waals surface area contributed by atoms with E-state index < -0.39 is 92.0 Å². The van der Waals surface area contributed by atoms with E-state index in [1.165, 1.54) is 38.1 Å². The van der Waals surface area contributed by atoms with Crippen LogP contribution in [0.3, 0.4) is 0 Å². The normalized spacial score (nSPS) is 14.7. The summed E-state index contributed by atoms with van der Waals surface area (Å²) in [6.45, 7) is 6.21. The van der Waals surface area contributed by atoms with Gasteiger partial charge in [0, 0.05) is 19.8 Å². The van der Waals surface area contributed by atoms with Crippen molar-refractivity contribution in [3.05, 3.63) is 29.8 Å². The number of benzene rings is 1. The summed E-state index contributed by atoms with van der Waals surface area (Å²) in [5, 5.41) is 31.6. The number of nitrogens with two attached hydrogens (primary N) is 2. The Kier molecular flexibility index (Phi) is 19.7. The van der Waals surface area contributed by atoms with Crippen LogP contribution in [0.5, 0.6) is 5.75 Å². The standard InChI is InChI=1S/C32H52N7O13P/c1-17(2)15-24(38-31(47)25(35-19(4)41)16-20-8-10-21(11-9-20)52-53(49,50)51)30(46)37-23(7-5-6-14-33)29(45)39-27(18(3)40)32(48)36-22(28(34)44)12-13-26(42)43/h8-11,17-18,22-25,27,40H,5-7,12-16,33H2,1-4H3,(H2,34,44)(H,35,41)(H,36,48)(H,37,46)(H,38,47)(H,39,45)(H,42,43)(H2,49,50,51)/t18-,22+,23+,24+,25+,27+/m1/s1. The van der Waals surface area contributed by atoms with Crippen molar-refractivity contribution in [2.24, 2.45) is 17.4 Å². The second kappa shape index (κ2) is 22.4. The van der Waals surface area contributed by atoms with Gasteiger partial charge in [-0.2, -0.15) is 0 Å². The van der Waals surface area contributed by atoms with Crippen molar-refractivity contribution in [2.45, 2.75) is 109 Å². The summed E-state index contributed by atoms with van der Waals surface area (Å²) < 4.78 is 15.7. The molecule has 0 aliphatic rings. The van der Waals surface area contributed by atoms with Crippen LogP contribution in [-0.4, -0.2) is 104 Å². The number of hydrogen-bond donors (Lipinski definition) is 11. The highest BCUT2D eigenvalue weighted by atomic mass is 31.2. The van der Waals surface area contributed by atoms with Crippen LogP contribution in [0.2, 0.25) is 0 Å². The number of aliphatic hydroxyl groups is 1. The molecule has 0 saturated carbocycles. The third kappa shape index (κ3) is 18.6. The molecule has 0 aromatic heterocycles. The van der Waals surface area contributed by atoms with E-state index in [0.29, 0.717) is 18.4 Å². The fourth-order valence-corrected chi connectivity index (χ4v) is 5.39. The topological polar surface area (TPSA) is 339 Å². The molecule has 20 nitrogen and oxygen atoms in total. The zero-order valence-corrected chi connectivity index (χ0v) is 31.0. The highest BCUT2D eigenvalue weighted by molar-refractivity contribution is 7.46. The molecule has 1 aromatic rings. The number of aliphatic carboxylic acids is 1. The second-order valence-corrected chi connectivity index (χ2v) is 14.0. The molecule has 0 spiro atoms. The van der Waals surface area contributed by atoms with Crippen LogP contribution in [0.1, 0.15) is 71.8 Å². The van der Waals surface area contributed by atoms with Crippen molar-refractivity contribution >= 4 is 49.2 Å². The Balaban J connectivity index is 3.24. The lowest BCUT2D eigenvalue weighted by molar-refractivity contribution is -0.138. The Morgan fingerprint density at radius 2 is 1.32 bits per heavy atom. The highest BCUT2D eigenvalue weighted by Gasteiger charge is 2.34. The predicted octanol–water partition coefficient (Wildman–Crippen LogP) is -1.95. The number of primary amides is 1. The fourth-order valence-electron chi connectivity index (χ4n) is 5.00. The van der Waals surface area contributed by atoms with Crippen LogP contribution in [0.4, 0.5) is 0 Å². The molecule has 1 aromatic carbocycles. The summed E-state index contributed by atoms with van der Waals surface area (Å²) in [5.74, 6) is -6.59. The minimum Gasteiger partial charge on any atom is -0.481 e. The van der Waals surface area contributed by atoms with E-state index >= 15 is 0 Å². The summed E-state index contributed by atoms with van der Waals surface area (Å²) in [5.41, 5.74) is 11.4. The van der Waals surface area contributed by atoms with Crippen LogP contribution in [0.25, 0.3) is 0 Å². The number of carboxylic acids is 1. The second-order valence-electron chi connectivity index (χ2n) is 12.8. The van der Waals surface area contributed by atoms with Crippen molar-refractivity contribution in [3.63, 3.8) is 0 Å². The van der Waals surface area contributed by atoms with Crippen molar-refractivity contribution in [1.29, 1.82) is 0 Å². The van der Waals surface area contributed by atoms with Gasteiger partial charge in [0.15, 0.2) is 0 Å². The Morgan fingerprint density at radius 3 is 1.81 bits per heavy atom. The van der Waals surface area contributed by atoms with Crippen LogP contribution < -0.4 is 42.6 Å². The average Bonchev–Trinajstić information content (AvgIpc) is 3.03. The van der Waals surface area contributed by atoms with Gasteiger partial charge in [-0.1, -0.05) is 26.0 Å². The van der Waals surface area contributed by atoms with Gasteiger partial charge < -0.3 is 52.8 Å². The zero-order valence-electron chi connectivity index (χ0n) is 30.1. The van der Waals surface area contributed by atoms with E-state index in [4.69, 9.17) is 26.4 Å². The van der Waals surface area contributed by atoms with E-state index in [0.717, 1.165) is 0 Å². The molecule has 6 atom stereocenters. The minimum atomic E-state index is -4.81. The summed E-state index contributed by atoms with van der Waals surface area (Å²) >= 11 is 0. The Labute approximate surface area is 306 Å². The molecule has 0 saturated heterocycles. The molecule has 1 rings (SSSR count). The van der Waals surface area contributed by atoms with Gasteiger partial charge in [-0.3, -0.25) is 43.3 Å². The fraction of sp³-hybridized carbons (Fsp3) is 0.594. The number of carbonyl (C=O) groups excluding carboxylic acids is 6. The number of phosphoric ester groups is 1. The molecule has 0 fully saturated rings. The molecular formula is C32H52N7O13P. The number of carbonyl (C=O) groups is 7. The molecule has 13 N–H and O–H groups in total. The summed E-state index contributed by atoms with van der Waals surface area (Å²) in [6, 6.07) is -1.38. The maximum atomic E-state index is 13.7. The number of rotatable bonds is 24. The maximum Gasteiger partial charge on any atom is 0.524 e. The molecule has 21 heteroatoms. The van der Waals surface area contributed by atoms with Gasteiger partial charge in [0.2, 0.25) is 35.4 Å². The third-order valence-electron chi connectivity index (χ3n) is 7.57. The summed E-state index contributed by atoms with van der Waals surface area (Å²) in [6.07, 6.45) is -1.51. The number of phosphoric acid groups is 1. The first kappa shape index (κ1) is 46.4. The lowest BCUT2D eigenvalue weighted by Crippen LogP contribution is -2.61. The first-order valence-corrected chi connectivity index (χ1v) is 18.4. The summed E-state index contributed by atoms with van der Waals surface area (Å²) in [7, 11) is -4.81. The Hall–Kier alpha value is -4.62. The Morgan fingerprint density at radius 1 is 0.774 bits per heavy atom. The van der Waals surface area contributed by atoms with Gasteiger partial charge in [0.25, 0.3) is 0 Å². The molecule has 298 valence electrons.